The third-order valence-electron chi connectivity index (χ3n) is 6.20. The molecule has 30 heavy (non-hydrogen) atoms. The van der Waals surface area contributed by atoms with Crippen molar-refractivity contribution in [3.8, 4) is 5.75 Å². The second kappa shape index (κ2) is 9.52. The Morgan fingerprint density at radius 3 is 2.70 bits per heavy atom. The maximum atomic E-state index is 12.5. The first-order valence-corrected chi connectivity index (χ1v) is 11.8. The minimum atomic E-state index is 0.0514. The van der Waals surface area contributed by atoms with Crippen molar-refractivity contribution in [1.82, 2.24) is 4.90 Å². The second-order valence-corrected chi connectivity index (χ2v) is 9.77. The molecule has 0 aromatic heterocycles. The van der Waals surface area contributed by atoms with Gasteiger partial charge in [0.05, 0.1) is 12.0 Å². The fourth-order valence-electron chi connectivity index (χ4n) is 4.61. The normalized spacial score (nSPS) is 20.1. The Hall–Kier alpha value is -1.85. The number of ether oxygens (including phenoxy) is 1. The summed E-state index contributed by atoms with van der Waals surface area (Å²) in [7, 11) is 0. The molecule has 2 aliphatic rings. The average molecular weight is 471 g/mol. The van der Waals surface area contributed by atoms with E-state index in [-0.39, 0.29) is 17.9 Å². The van der Waals surface area contributed by atoms with Crippen LogP contribution < -0.4 is 10.1 Å². The number of para-hydroxylation sites is 1. The minimum Gasteiger partial charge on any atom is -0.491 e. The van der Waals surface area contributed by atoms with Crippen molar-refractivity contribution in [3.05, 3.63) is 58.1 Å². The Morgan fingerprint density at radius 1 is 1.17 bits per heavy atom. The highest BCUT2D eigenvalue weighted by atomic mass is 79.9. The molecule has 160 valence electrons. The van der Waals surface area contributed by atoms with Gasteiger partial charge in [-0.05, 0) is 93.9 Å². The van der Waals surface area contributed by atoms with Crippen molar-refractivity contribution in [2.75, 3.05) is 25.0 Å². The number of anilines is 1. The summed E-state index contributed by atoms with van der Waals surface area (Å²) < 4.78 is 7.03. The zero-order valence-electron chi connectivity index (χ0n) is 17.9. The van der Waals surface area contributed by atoms with Gasteiger partial charge in [0.25, 0.3) is 0 Å². The van der Waals surface area contributed by atoms with Crippen LogP contribution in [-0.4, -0.2) is 36.5 Å². The number of hydrogen-bond acceptors (Lipinski definition) is 3. The first-order chi connectivity index (χ1) is 14.5. The number of hydrogen-bond donors (Lipinski definition) is 1. The van der Waals surface area contributed by atoms with Gasteiger partial charge in [0.15, 0.2) is 0 Å². The zero-order valence-corrected chi connectivity index (χ0v) is 19.5. The fourth-order valence-corrected chi connectivity index (χ4v) is 5.02. The Labute approximate surface area is 188 Å². The van der Waals surface area contributed by atoms with Gasteiger partial charge in [-0.1, -0.05) is 34.1 Å². The van der Waals surface area contributed by atoms with E-state index >= 15 is 0 Å². The molecule has 0 radical (unpaired) electrons. The van der Waals surface area contributed by atoms with E-state index in [1.807, 2.05) is 18.2 Å². The average Bonchev–Trinajstić information content (AvgIpc) is 2.72. The van der Waals surface area contributed by atoms with E-state index in [2.05, 4.69) is 64.3 Å². The van der Waals surface area contributed by atoms with E-state index in [4.69, 9.17) is 4.74 Å². The third-order valence-corrected chi connectivity index (χ3v) is 6.97. The van der Waals surface area contributed by atoms with Gasteiger partial charge < -0.3 is 15.0 Å². The van der Waals surface area contributed by atoms with Crippen molar-refractivity contribution in [1.29, 1.82) is 0 Å². The maximum Gasteiger partial charge on any atom is 0.229 e. The van der Waals surface area contributed by atoms with Crippen LogP contribution in [0.1, 0.15) is 37.8 Å². The number of nitrogens with zero attached hydrogens (tertiary/aromatic N) is 1. The van der Waals surface area contributed by atoms with Gasteiger partial charge in [0, 0.05) is 16.7 Å². The fraction of sp³-hybridized carbons (Fsp3) is 0.480. The summed E-state index contributed by atoms with van der Waals surface area (Å²) in [6, 6.07) is 14.5. The molecule has 2 aromatic carbocycles. The number of halogens is 1. The third kappa shape index (κ3) is 5.25. The Balaban J connectivity index is 1.30. The first-order valence-electron chi connectivity index (χ1n) is 11.0. The molecule has 1 unspecified atom stereocenters. The van der Waals surface area contributed by atoms with E-state index in [1.165, 1.54) is 28.4 Å². The van der Waals surface area contributed by atoms with Gasteiger partial charge in [0.1, 0.15) is 5.75 Å². The molecule has 0 spiro atoms. The largest absolute Gasteiger partial charge is 0.491 e. The van der Waals surface area contributed by atoms with Crippen molar-refractivity contribution in [2.45, 2.75) is 45.6 Å². The number of carbonyl (C=O) groups is 1. The van der Waals surface area contributed by atoms with Crippen LogP contribution in [-0.2, 0) is 17.6 Å². The van der Waals surface area contributed by atoms with E-state index in [9.17, 15) is 4.79 Å². The Bertz CT molecular complexity index is 890. The molecule has 2 aromatic rings. The number of piperidine rings is 1. The van der Waals surface area contributed by atoms with Crippen molar-refractivity contribution < 1.29 is 9.53 Å². The number of fused-ring (bicyclic) bond motifs is 1. The predicted molar refractivity (Wildman–Crippen MR) is 125 cm³/mol. The highest BCUT2D eigenvalue weighted by Crippen LogP contribution is 2.30. The number of carbonyl (C=O) groups excluding carboxylic acids is 1. The second-order valence-electron chi connectivity index (χ2n) is 8.92. The van der Waals surface area contributed by atoms with E-state index in [1.54, 1.807) is 0 Å². The van der Waals surface area contributed by atoms with Crippen LogP contribution in [0.2, 0.25) is 0 Å². The lowest BCUT2D eigenvalue weighted by molar-refractivity contribution is -0.120. The summed E-state index contributed by atoms with van der Waals surface area (Å²) in [6.07, 6.45) is 4.45. The van der Waals surface area contributed by atoms with Crippen molar-refractivity contribution in [2.24, 2.45) is 11.8 Å². The van der Waals surface area contributed by atoms with Gasteiger partial charge in [-0.15, -0.1) is 0 Å². The monoisotopic (exact) mass is 470 g/mol. The molecule has 0 bridgehead atoms. The van der Waals surface area contributed by atoms with Crippen LogP contribution >= 0.6 is 15.9 Å². The molecule has 1 saturated heterocycles. The molecule has 4 nitrogen and oxygen atoms in total. The van der Waals surface area contributed by atoms with Gasteiger partial charge >= 0.3 is 0 Å². The lowest BCUT2D eigenvalue weighted by Gasteiger charge is -2.35. The molecule has 1 atom stereocenters. The predicted octanol–water partition coefficient (Wildman–Crippen LogP) is 5.30. The SMILES string of the molecule is CC(C)Oc1ccc(Br)c(CC2CCN(CC3Cc4ccccc4NC3=O)CC2)c1. The molecule has 1 amide bonds. The van der Waals surface area contributed by atoms with Crippen molar-refractivity contribution >= 4 is 27.5 Å². The van der Waals surface area contributed by atoms with E-state index in [0.717, 1.165) is 43.9 Å². The zero-order chi connectivity index (χ0) is 21.1. The Kier molecular flexibility index (Phi) is 6.79. The highest BCUT2D eigenvalue weighted by Gasteiger charge is 2.29. The molecular weight excluding hydrogens is 440 g/mol. The van der Waals surface area contributed by atoms with Gasteiger partial charge in [-0.3, -0.25) is 4.79 Å². The summed E-state index contributed by atoms with van der Waals surface area (Å²) in [5.74, 6) is 1.84. The summed E-state index contributed by atoms with van der Waals surface area (Å²) in [6.45, 7) is 7.10. The maximum absolute atomic E-state index is 12.5. The summed E-state index contributed by atoms with van der Waals surface area (Å²) >= 11 is 3.71. The quantitative estimate of drug-likeness (QED) is 0.622. The number of nitrogens with one attached hydrogen (secondary N) is 1. The number of likely N-dealkylation sites (tertiary alicyclic amines) is 1. The topological polar surface area (TPSA) is 41.6 Å². The lowest BCUT2D eigenvalue weighted by Crippen LogP contribution is -2.43. The standard InChI is InChI=1S/C25H31BrN2O2/c1-17(2)30-22-7-8-23(26)20(15-22)13-18-9-11-28(12-10-18)16-21-14-19-5-3-4-6-24(19)27-25(21)29/h3-8,15,17-18,21H,9-14,16H2,1-2H3,(H,27,29). The van der Waals surface area contributed by atoms with Crippen molar-refractivity contribution in [3.63, 3.8) is 0 Å². The first kappa shape index (κ1) is 21.4. The lowest BCUT2D eigenvalue weighted by atomic mass is 9.88. The molecule has 5 heteroatoms. The van der Waals surface area contributed by atoms with Gasteiger partial charge in [-0.2, -0.15) is 0 Å². The number of benzene rings is 2. The van der Waals surface area contributed by atoms with Crippen LogP contribution in [0.15, 0.2) is 46.9 Å². The summed E-state index contributed by atoms with van der Waals surface area (Å²) in [4.78, 5) is 15.0. The van der Waals surface area contributed by atoms with E-state index < -0.39 is 0 Å². The summed E-state index contributed by atoms with van der Waals surface area (Å²) in [5, 5.41) is 3.08. The van der Waals surface area contributed by atoms with Gasteiger partial charge in [-0.25, -0.2) is 0 Å². The number of amides is 1. The summed E-state index contributed by atoms with van der Waals surface area (Å²) in [5.41, 5.74) is 3.56. The minimum absolute atomic E-state index is 0.0514. The van der Waals surface area contributed by atoms with Crippen LogP contribution in [0.5, 0.6) is 5.75 Å². The van der Waals surface area contributed by atoms with Gasteiger partial charge in [0.2, 0.25) is 5.91 Å². The molecule has 4 rings (SSSR count). The number of rotatable bonds is 6. The van der Waals surface area contributed by atoms with Crippen LogP contribution in [0, 0.1) is 11.8 Å². The molecule has 2 heterocycles. The van der Waals surface area contributed by atoms with Crippen LogP contribution in [0.3, 0.4) is 0 Å². The molecule has 1 fully saturated rings. The smallest absolute Gasteiger partial charge is 0.229 e. The van der Waals surface area contributed by atoms with Crippen LogP contribution in [0.4, 0.5) is 5.69 Å². The molecule has 2 aliphatic heterocycles. The highest BCUT2D eigenvalue weighted by molar-refractivity contribution is 9.10. The molecule has 0 aliphatic carbocycles. The molecular formula is C25H31BrN2O2. The molecule has 0 saturated carbocycles. The Morgan fingerprint density at radius 2 is 1.93 bits per heavy atom. The van der Waals surface area contributed by atoms with E-state index in [0.29, 0.717) is 5.92 Å². The van der Waals surface area contributed by atoms with Crippen LogP contribution in [0.25, 0.3) is 0 Å². The molecule has 1 N–H and O–H groups in total.